The zero-order valence-electron chi connectivity index (χ0n) is 25.3. The molecule has 1 aliphatic heterocycles. The predicted molar refractivity (Wildman–Crippen MR) is 176 cm³/mol. The van der Waals surface area contributed by atoms with Crippen molar-refractivity contribution in [3.05, 3.63) is 105 Å². The van der Waals surface area contributed by atoms with Gasteiger partial charge in [-0.15, -0.1) is 0 Å². The van der Waals surface area contributed by atoms with Crippen LogP contribution in [0.25, 0.3) is 10.9 Å². The van der Waals surface area contributed by atoms with Gasteiger partial charge in [-0.2, -0.15) is 5.10 Å². The van der Waals surface area contributed by atoms with Gasteiger partial charge in [-0.25, -0.2) is 9.59 Å². The smallest absolute Gasteiger partial charge is 0.337 e. The number of benzene rings is 3. The van der Waals surface area contributed by atoms with Crippen molar-refractivity contribution in [2.45, 2.75) is 32.7 Å². The number of para-hydroxylation sites is 1. The number of ether oxygens (including phenoxy) is 3. The van der Waals surface area contributed by atoms with Gasteiger partial charge in [0.25, 0.3) is 0 Å². The van der Waals surface area contributed by atoms with Crippen LogP contribution in [0.15, 0.2) is 83.2 Å². The lowest BCUT2D eigenvalue weighted by molar-refractivity contribution is -0.136. The molecule has 13 heteroatoms. The van der Waals surface area contributed by atoms with E-state index in [-0.39, 0.29) is 12.2 Å². The van der Waals surface area contributed by atoms with Gasteiger partial charge in [0.15, 0.2) is 17.7 Å². The molecule has 1 aromatic heterocycles. The molecule has 1 aliphatic rings. The number of aromatic nitrogens is 1. The summed E-state index contributed by atoms with van der Waals surface area (Å²) in [6, 6.07) is 17.2. The number of nitrogens with zero attached hydrogens (tertiary/aromatic N) is 2. The first-order valence-electron chi connectivity index (χ1n) is 14.4. The first-order valence-corrected chi connectivity index (χ1v) is 15.2. The maximum Gasteiger partial charge on any atom is 0.337 e. The lowest BCUT2D eigenvalue weighted by atomic mass is 9.95. The number of methoxy groups -OCH3 is 1. The van der Waals surface area contributed by atoms with E-state index in [0.29, 0.717) is 46.0 Å². The molecular formula is C33H33Cl2N5O6. The average molecular weight is 667 g/mol. The molecule has 3 aromatic carbocycles. The Morgan fingerprint density at radius 3 is 2.70 bits per heavy atom. The van der Waals surface area contributed by atoms with Crippen LogP contribution in [0.2, 0.25) is 10.0 Å². The molecule has 0 spiro atoms. The van der Waals surface area contributed by atoms with Gasteiger partial charge < -0.3 is 34.5 Å². The van der Waals surface area contributed by atoms with E-state index >= 15 is 0 Å². The second-order valence-corrected chi connectivity index (χ2v) is 11.2. The van der Waals surface area contributed by atoms with Gasteiger partial charge in [-0.05, 0) is 55.3 Å². The Kier molecular flexibility index (Phi) is 10.4. The van der Waals surface area contributed by atoms with Gasteiger partial charge in [0.2, 0.25) is 0 Å². The Labute approximate surface area is 275 Å². The van der Waals surface area contributed by atoms with Crippen LogP contribution in [0.3, 0.4) is 0 Å². The van der Waals surface area contributed by atoms with Crippen LogP contribution in [0.4, 0.5) is 4.79 Å². The van der Waals surface area contributed by atoms with E-state index in [1.54, 1.807) is 37.4 Å². The minimum absolute atomic E-state index is 0.149. The lowest BCUT2D eigenvalue weighted by Gasteiger charge is -2.28. The summed E-state index contributed by atoms with van der Waals surface area (Å²) < 4.78 is 18.6. The molecule has 0 fully saturated rings. The maximum absolute atomic E-state index is 12.5. The molecule has 0 bridgehead atoms. The number of hydrogen-bond acceptors (Lipinski definition) is 8. The zero-order chi connectivity index (χ0) is 32.8. The zero-order valence-corrected chi connectivity index (χ0v) is 26.9. The summed E-state index contributed by atoms with van der Waals surface area (Å²) in [5.41, 5.74) is 6.71. The van der Waals surface area contributed by atoms with Crippen LogP contribution in [0, 0.1) is 0 Å². The summed E-state index contributed by atoms with van der Waals surface area (Å²) in [5, 5.41) is 22.3. The molecule has 4 aromatic rings. The van der Waals surface area contributed by atoms with E-state index in [1.807, 2.05) is 49.5 Å². The number of esters is 1. The van der Waals surface area contributed by atoms with Gasteiger partial charge >= 0.3 is 12.0 Å². The highest BCUT2D eigenvalue weighted by molar-refractivity contribution is 6.35. The molecule has 0 aliphatic carbocycles. The number of hydrogen-bond donors (Lipinski definition) is 4. The molecule has 240 valence electrons. The van der Waals surface area contributed by atoms with Crippen LogP contribution < -0.4 is 25.5 Å². The van der Waals surface area contributed by atoms with Crippen LogP contribution in [-0.2, 0) is 16.1 Å². The standard InChI is InChI=1S/C33H33Cl2N5O6/c1-4-45-28-13-20(31-30(32(42)44-3)19(2)37-33(43)38-31)10-12-27(28)46-18-29(41)39-36-15-22-17-40(26-8-6-5-7-24(22)26)16-21-9-11-23(34)14-25(21)35/h5-15,17,29,31,39,41H,4,16,18H2,1-3H3,(H2,37,38,43)/b36-15+/t29-,31+/m1/s1. The second kappa shape index (κ2) is 14.6. The first kappa shape index (κ1) is 32.7. The third-order valence-corrected chi connectivity index (χ3v) is 7.86. The van der Waals surface area contributed by atoms with Crippen molar-refractivity contribution in [1.82, 2.24) is 20.6 Å². The van der Waals surface area contributed by atoms with E-state index in [1.165, 1.54) is 7.11 Å². The summed E-state index contributed by atoms with van der Waals surface area (Å²) in [5.74, 6) is 0.164. The van der Waals surface area contributed by atoms with Gasteiger partial charge in [0.1, 0.15) is 6.61 Å². The van der Waals surface area contributed by atoms with Crippen molar-refractivity contribution >= 4 is 52.3 Å². The van der Waals surface area contributed by atoms with Crippen LogP contribution >= 0.6 is 23.2 Å². The summed E-state index contributed by atoms with van der Waals surface area (Å²) in [4.78, 5) is 24.7. The van der Waals surface area contributed by atoms with Crippen LogP contribution in [0.1, 0.15) is 36.6 Å². The van der Waals surface area contributed by atoms with Crippen molar-refractivity contribution < 1.29 is 28.9 Å². The number of carbonyl (C=O) groups excluding carboxylic acids is 2. The SMILES string of the molecule is CCOc1cc([C@@H]2NC(=O)NC(C)=C2C(=O)OC)ccc1OC[C@@H](O)N/N=C/c1cn(Cc2ccc(Cl)cc2Cl)c2ccccc12. The molecule has 2 heterocycles. The van der Waals surface area contributed by atoms with E-state index in [4.69, 9.17) is 37.4 Å². The highest BCUT2D eigenvalue weighted by atomic mass is 35.5. The van der Waals surface area contributed by atoms with Crippen molar-refractivity contribution in [2.24, 2.45) is 5.10 Å². The number of urea groups is 1. The number of aliphatic hydroxyl groups is 1. The third kappa shape index (κ3) is 7.39. The molecule has 0 saturated carbocycles. The monoisotopic (exact) mass is 665 g/mol. The molecule has 2 amide bonds. The first-order chi connectivity index (χ1) is 22.2. The number of nitrogens with one attached hydrogen (secondary N) is 3. The van der Waals surface area contributed by atoms with Crippen LogP contribution in [0.5, 0.6) is 11.5 Å². The number of carbonyl (C=O) groups is 2. The van der Waals surface area contributed by atoms with Crippen molar-refractivity contribution in [1.29, 1.82) is 0 Å². The normalized spacial score (nSPS) is 15.4. The minimum Gasteiger partial charge on any atom is -0.490 e. The van der Waals surface area contributed by atoms with Gasteiger partial charge in [0, 0.05) is 45.0 Å². The Hall–Kier alpha value is -4.71. The topological polar surface area (TPSA) is 135 Å². The highest BCUT2D eigenvalue weighted by Crippen LogP contribution is 2.35. The summed E-state index contributed by atoms with van der Waals surface area (Å²) in [7, 11) is 1.28. The molecular weight excluding hydrogens is 633 g/mol. The predicted octanol–water partition coefficient (Wildman–Crippen LogP) is 5.52. The molecule has 0 saturated heterocycles. The van der Waals surface area contributed by atoms with Crippen molar-refractivity contribution in [3.8, 4) is 11.5 Å². The van der Waals surface area contributed by atoms with E-state index in [2.05, 4.69) is 25.7 Å². The number of hydrazone groups is 1. The van der Waals surface area contributed by atoms with Crippen molar-refractivity contribution in [2.75, 3.05) is 20.3 Å². The molecule has 11 nitrogen and oxygen atoms in total. The fourth-order valence-corrected chi connectivity index (χ4v) is 5.63. The van der Waals surface area contributed by atoms with E-state index in [0.717, 1.165) is 22.0 Å². The van der Waals surface area contributed by atoms with Crippen molar-refractivity contribution in [3.63, 3.8) is 0 Å². The molecule has 0 radical (unpaired) electrons. The van der Waals surface area contributed by atoms with E-state index < -0.39 is 24.3 Å². The van der Waals surface area contributed by atoms with Gasteiger partial charge in [0.05, 0.1) is 31.5 Å². The molecule has 2 atom stereocenters. The largest absolute Gasteiger partial charge is 0.490 e. The number of allylic oxidation sites excluding steroid dienone is 1. The molecule has 5 rings (SSSR count). The fraction of sp³-hybridized carbons (Fsp3) is 0.242. The van der Waals surface area contributed by atoms with E-state index in [9.17, 15) is 14.7 Å². The molecule has 46 heavy (non-hydrogen) atoms. The quantitative estimate of drug-likeness (QED) is 0.0678. The number of rotatable bonds is 12. The minimum atomic E-state index is -1.15. The summed E-state index contributed by atoms with van der Waals surface area (Å²) in [6.07, 6.45) is 2.45. The molecule has 0 unspecified atom stereocenters. The Morgan fingerprint density at radius 2 is 1.93 bits per heavy atom. The number of aliphatic hydroxyl groups excluding tert-OH is 1. The Bertz CT molecular complexity index is 1820. The highest BCUT2D eigenvalue weighted by Gasteiger charge is 2.32. The molecule has 4 N–H and O–H groups in total. The maximum atomic E-state index is 12.5. The number of fused-ring (bicyclic) bond motifs is 1. The van der Waals surface area contributed by atoms with Gasteiger partial charge in [-0.3, -0.25) is 5.43 Å². The Morgan fingerprint density at radius 1 is 1.13 bits per heavy atom. The Balaban J connectivity index is 1.26. The second-order valence-electron chi connectivity index (χ2n) is 10.4. The van der Waals surface area contributed by atoms with Crippen LogP contribution in [-0.4, -0.2) is 54.4 Å². The van der Waals surface area contributed by atoms with Gasteiger partial charge in [-0.1, -0.05) is 53.5 Å². The third-order valence-electron chi connectivity index (χ3n) is 7.27. The number of amides is 2. The number of halogens is 2. The summed E-state index contributed by atoms with van der Waals surface area (Å²) in [6.45, 7) is 4.17. The summed E-state index contributed by atoms with van der Waals surface area (Å²) >= 11 is 12.5. The lowest BCUT2D eigenvalue weighted by Crippen LogP contribution is -2.45. The fourth-order valence-electron chi connectivity index (χ4n) is 5.16. The average Bonchev–Trinajstić information content (AvgIpc) is 3.38.